The molecule has 126 valence electrons. The second kappa shape index (κ2) is 7.12. The van der Waals surface area contributed by atoms with E-state index in [1.807, 2.05) is 6.92 Å². The molecule has 24 heavy (non-hydrogen) atoms. The van der Waals surface area contributed by atoms with E-state index in [-0.39, 0.29) is 5.91 Å². The molecule has 1 N–H and O–H groups in total. The van der Waals surface area contributed by atoms with E-state index in [1.165, 1.54) is 17.1 Å². The van der Waals surface area contributed by atoms with E-state index in [2.05, 4.69) is 5.32 Å². The molecule has 0 saturated heterocycles. The van der Waals surface area contributed by atoms with Crippen LogP contribution in [0.4, 0.5) is 11.4 Å². The standard InChI is InChI=1S/C18H20N2O4/c1-4-5-6-11-16(22)24-12-15(21)20-14-10-8-7-9-13(14)19-17(23)18(20,2)3/h4-11H,12H2,1-3H3,(H,19,23). The number of ether oxygens (including phenoxy) is 1. The molecule has 0 atom stereocenters. The van der Waals surface area contributed by atoms with Crippen LogP contribution in [0.3, 0.4) is 0 Å². The van der Waals surface area contributed by atoms with Gasteiger partial charge >= 0.3 is 5.97 Å². The molecule has 1 aromatic carbocycles. The first kappa shape index (κ1) is 17.5. The number of hydrogen-bond donors (Lipinski definition) is 1. The number of allylic oxidation sites excluding steroid dienone is 3. The van der Waals surface area contributed by atoms with Crippen molar-refractivity contribution in [3.63, 3.8) is 0 Å². The molecule has 0 fully saturated rings. The lowest BCUT2D eigenvalue weighted by Gasteiger charge is -2.41. The summed E-state index contributed by atoms with van der Waals surface area (Å²) in [6, 6.07) is 7.00. The first-order valence-corrected chi connectivity index (χ1v) is 7.57. The number of carbonyl (C=O) groups is 3. The molecule has 0 unspecified atom stereocenters. The Labute approximate surface area is 140 Å². The van der Waals surface area contributed by atoms with Crippen molar-refractivity contribution in [1.29, 1.82) is 0 Å². The van der Waals surface area contributed by atoms with E-state index in [9.17, 15) is 14.4 Å². The molecule has 6 nitrogen and oxygen atoms in total. The third kappa shape index (κ3) is 3.53. The summed E-state index contributed by atoms with van der Waals surface area (Å²) in [7, 11) is 0. The number of fused-ring (bicyclic) bond motifs is 1. The van der Waals surface area contributed by atoms with Gasteiger partial charge in [0.15, 0.2) is 6.61 Å². The first-order valence-electron chi connectivity index (χ1n) is 7.57. The van der Waals surface area contributed by atoms with E-state index >= 15 is 0 Å². The Balaban J connectivity index is 2.18. The minimum absolute atomic E-state index is 0.297. The average molecular weight is 328 g/mol. The van der Waals surface area contributed by atoms with Crippen LogP contribution < -0.4 is 10.2 Å². The van der Waals surface area contributed by atoms with Crippen LogP contribution in [-0.4, -0.2) is 29.9 Å². The topological polar surface area (TPSA) is 75.7 Å². The smallest absolute Gasteiger partial charge is 0.331 e. The highest BCUT2D eigenvalue weighted by Gasteiger charge is 2.43. The van der Waals surface area contributed by atoms with Gasteiger partial charge in [0.1, 0.15) is 5.54 Å². The maximum Gasteiger partial charge on any atom is 0.331 e. The highest BCUT2D eigenvalue weighted by molar-refractivity contribution is 6.14. The molecule has 0 aromatic heterocycles. The lowest BCUT2D eigenvalue weighted by Crippen LogP contribution is -2.59. The van der Waals surface area contributed by atoms with Gasteiger partial charge in [-0.15, -0.1) is 0 Å². The number of benzene rings is 1. The molecule has 2 rings (SSSR count). The molecular formula is C18H20N2O4. The molecule has 0 bridgehead atoms. The van der Waals surface area contributed by atoms with Gasteiger partial charge in [0.25, 0.3) is 5.91 Å². The van der Waals surface area contributed by atoms with Crippen LogP contribution in [0.25, 0.3) is 0 Å². The lowest BCUT2D eigenvalue weighted by molar-refractivity contribution is -0.143. The molecule has 1 heterocycles. The van der Waals surface area contributed by atoms with Gasteiger partial charge in [-0.1, -0.05) is 30.4 Å². The Bertz CT molecular complexity index is 719. The van der Waals surface area contributed by atoms with Gasteiger partial charge in [-0.3, -0.25) is 14.5 Å². The van der Waals surface area contributed by atoms with E-state index in [4.69, 9.17) is 4.74 Å². The number of rotatable bonds is 4. The Kier molecular flexibility index (Phi) is 5.18. The fourth-order valence-corrected chi connectivity index (χ4v) is 2.39. The van der Waals surface area contributed by atoms with Gasteiger partial charge in [0.05, 0.1) is 11.4 Å². The van der Waals surface area contributed by atoms with Crippen molar-refractivity contribution < 1.29 is 19.1 Å². The van der Waals surface area contributed by atoms with Crippen molar-refractivity contribution in [2.24, 2.45) is 0 Å². The van der Waals surface area contributed by atoms with Crippen LogP contribution in [0.15, 0.2) is 48.6 Å². The minimum Gasteiger partial charge on any atom is -0.452 e. The average Bonchev–Trinajstić information content (AvgIpc) is 2.54. The third-order valence-electron chi connectivity index (χ3n) is 3.63. The van der Waals surface area contributed by atoms with Crippen LogP contribution in [0.2, 0.25) is 0 Å². The van der Waals surface area contributed by atoms with E-state index in [0.29, 0.717) is 11.4 Å². The van der Waals surface area contributed by atoms with Crippen molar-refractivity contribution in [3.05, 3.63) is 48.6 Å². The number of carbonyl (C=O) groups excluding carboxylic acids is 3. The molecule has 2 amide bonds. The summed E-state index contributed by atoms with van der Waals surface area (Å²) in [6.45, 7) is 4.66. The van der Waals surface area contributed by atoms with Crippen LogP contribution in [0, 0.1) is 0 Å². The number of hydrogen-bond acceptors (Lipinski definition) is 4. The molecule has 6 heteroatoms. The van der Waals surface area contributed by atoms with Gasteiger partial charge in [-0.25, -0.2) is 4.79 Å². The van der Waals surface area contributed by atoms with Gasteiger partial charge in [0.2, 0.25) is 5.91 Å². The lowest BCUT2D eigenvalue weighted by atomic mass is 9.96. The summed E-state index contributed by atoms with van der Waals surface area (Å²) < 4.78 is 4.96. The third-order valence-corrected chi connectivity index (χ3v) is 3.63. The molecule has 0 radical (unpaired) electrons. The number of para-hydroxylation sites is 2. The SMILES string of the molecule is CC=CC=CC(=O)OCC(=O)N1c2ccccc2NC(=O)C1(C)C. The predicted octanol–water partition coefficient (Wildman–Crippen LogP) is 2.43. The summed E-state index contributed by atoms with van der Waals surface area (Å²) in [6.07, 6.45) is 6.20. The number of nitrogens with zero attached hydrogens (tertiary/aromatic N) is 1. The molecular weight excluding hydrogens is 308 g/mol. The Morgan fingerprint density at radius 2 is 1.96 bits per heavy atom. The Morgan fingerprint density at radius 3 is 2.67 bits per heavy atom. The Morgan fingerprint density at radius 1 is 1.25 bits per heavy atom. The van der Waals surface area contributed by atoms with Crippen molar-refractivity contribution in [2.75, 3.05) is 16.8 Å². The van der Waals surface area contributed by atoms with Gasteiger partial charge in [-0.2, -0.15) is 0 Å². The van der Waals surface area contributed by atoms with E-state index < -0.39 is 24.0 Å². The van der Waals surface area contributed by atoms with Crippen LogP contribution >= 0.6 is 0 Å². The molecule has 0 saturated carbocycles. The number of nitrogens with one attached hydrogen (secondary N) is 1. The number of esters is 1. The van der Waals surface area contributed by atoms with Gasteiger partial charge < -0.3 is 10.1 Å². The van der Waals surface area contributed by atoms with Crippen molar-refractivity contribution >= 4 is 29.2 Å². The summed E-state index contributed by atoms with van der Waals surface area (Å²) in [5.41, 5.74) is 0.0422. The maximum atomic E-state index is 12.6. The highest BCUT2D eigenvalue weighted by Crippen LogP contribution is 2.36. The van der Waals surface area contributed by atoms with Crippen LogP contribution in [0.5, 0.6) is 0 Å². The zero-order valence-corrected chi connectivity index (χ0v) is 13.9. The molecule has 1 aliphatic rings. The first-order chi connectivity index (χ1) is 11.4. The van der Waals surface area contributed by atoms with Crippen molar-refractivity contribution in [1.82, 2.24) is 0 Å². The normalized spacial score (nSPS) is 16.1. The van der Waals surface area contributed by atoms with E-state index in [1.54, 1.807) is 50.3 Å². The number of anilines is 2. The zero-order valence-electron chi connectivity index (χ0n) is 13.9. The largest absolute Gasteiger partial charge is 0.452 e. The van der Waals surface area contributed by atoms with Crippen LogP contribution in [-0.2, 0) is 19.1 Å². The van der Waals surface area contributed by atoms with Gasteiger partial charge in [0, 0.05) is 6.08 Å². The van der Waals surface area contributed by atoms with Crippen LogP contribution in [0.1, 0.15) is 20.8 Å². The van der Waals surface area contributed by atoms with Crippen molar-refractivity contribution in [2.45, 2.75) is 26.3 Å². The monoisotopic (exact) mass is 328 g/mol. The summed E-state index contributed by atoms with van der Waals surface area (Å²) in [5, 5.41) is 2.77. The minimum atomic E-state index is -1.08. The Hall–Kier alpha value is -2.89. The van der Waals surface area contributed by atoms with Gasteiger partial charge in [-0.05, 0) is 32.9 Å². The molecule has 1 aromatic rings. The quantitative estimate of drug-likeness (QED) is 0.523. The summed E-state index contributed by atoms with van der Waals surface area (Å²) in [4.78, 5) is 37.8. The summed E-state index contributed by atoms with van der Waals surface area (Å²) in [5.74, 6) is -1.38. The highest BCUT2D eigenvalue weighted by atomic mass is 16.5. The fraction of sp³-hybridized carbons (Fsp3) is 0.278. The second-order valence-electron chi connectivity index (χ2n) is 5.75. The molecule has 1 aliphatic heterocycles. The predicted molar refractivity (Wildman–Crippen MR) is 91.5 cm³/mol. The molecule has 0 spiro atoms. The van der Waals surface area contributed by atoms with E-state index in [0.717, 1.165) is 0 Å². The number of amides is 2. The van der Waals surface area contributed by atoms with Crippen molar-refractivity contribution in [3.8, 4) is 0 Å². The molecule has 0 aliphatic carbocycles. The maximum absolute atomic E-state index is 12.6. The second-order valence-corrected chi connectivity index (χ2v) is 5.75. The summed E-state index contributed by atoms with van der Waals surface area (Å²) >= 11 is 0. The zero-order chi connectivity index (χ0) is 17.7. The fourth-order valence-electron chi connectivity index (χ4n) is 2.39.